The second-order valence-electron chi connectivity index (χ2n) is 10.2. The smallest absolute Gasteiger partial charge is 0.328 e. The quantitative estimate of drug-likeness (QED) is 0.0888. The molecule has 0 saturated heterocycles. The summed E-state index contributed by atoms with van der Waals surface area (Å²) in [6.07, 6.45) is 9.40. The maximum Gasteiger partial charge on any atom is 0.328 e. The molecule has 36 heavy (non-hydrogen) atoms. The van der Waals surface area contributed by atoms with E-state index in [-0.39, 0.29) is 12.5 Å². The van der Waals surface area contributed by atoms with Crippen LogP contribution < -0.4 is 5.32 Å². The van der Waals surface area contributed by atoms with Crippen LogP contribution >= 0.6 is 0 Å². The first kappa shape index (κ1) is 34.7. The van der Waals surface area contributed by atoms with Crippen LogP contribution in [0.1, 0.15) is 111 Å². The third-order valence-electron chi connectivity index (χ3n) is 6.48. The summed E-state index contributed by atoms with van der Waals surface area (Å²) in [6.45, 7) is 5.02. The van der Waals surface area contributed by atoms with Crippen LogP contribution in [0.4, 0.5) is 0 Å². The fourth-order valence-electron chi connectivity index (χ4n) is 3.97. The van der Waals surface area contributed by atoms with Crippen molar-refractivity contribution >= 4 is 11.9 Å². The van der Waals surface area contributed by atoms with Crippen molar-refractivity contribution < 1.29 is 39.9 Å². The Labute approximate surface area is 217 Å². The zero-order valence-corrected chi connectivity index (χ0v) is 22.7. The zero-order chi connectivity index (χ0) is 27.3. The van der Waals surface area contributed by atoms with Gasteiger partial charge in [0, 0.05) is 0 Å². The molecule has 214 valence electrons. The summed E-state index contributed by atoms with van der Waals surface area (Å²) >= 11 is 0. The number of amides is 1. The van der Waals surface area contributed by atoms with Crippen molar-refractivity contribution in [1.29, 1.82) is 0 Å². The molecule has 1 unspecified atom stereocenters. The van der Waals surface area contributed by atoms with E-state index in [2.05, 4.69) is 12.2 Å². The molecule has 1 amide bonds. The topological polar surface area (TPSA) is 157 Å². The van der Waals surface area contributed by atoms with Gasteiger partial charge < -0.3 is 35.6 Å². The highest BCUT2D eigenvalue weighted by molar-refractivity contribution is 5.87. The van der Waals surface area contributed by atoms with Crippen LogP contribution in [0.15, 0.2) is 0 Å². The third-order valence-corrected chi connectivity index (χ3v) is 6.48. The molecule has 0 bridgehead atoms. The van der Waals surface area contributed by atoms with Crippen molar-refractivity contribution in [3.05, 3.63) is 0 Å². The summed E-state index contributed by atoms with van der Waals surface area (Å²) in [6, 6.07) is -1.04. The lowest BCUT2D eigenvalue weighted by Crippen LogP contribution is -2.55. The Morgan fingerprint density at radius 1 is 0.722 bits per heavy atom. The number of carbonyl (C=O) groups is 2. The minimum Gasteiger partial charge on any atom is -0.464 e. The van der Waals surface area contributed by atoms with Crippen LogP contribution in [-0.4, -0.2) is 81.1 Å². The van der Waals surface area contributed by atoms with Crippen molar-refractivity contribution in [3.63, 3.8) is 0 Å². The summed E-state index contributed by atoms with van der Waals surface area (Å²) < 4.78 is 5.30. The number of aliphatic hydroxyl groups is 5. The van der Waals surface area contributed by atoms with Crippen LogP contribution in [0, 0.1) is 5.92 Å². The number of aliphatic hydroxyl groups excluding tert-OH is 5. The van der Waals surface area contributed by atoms with E-state index in [1.165, 1.54) is 70.6 Å². The predicted molar refractivity (Wildman–Crippen MR) is 139 cm³/mol. The molecule has 0 aliphatic rings. The molecule has 0 radical (unpaired) electrons. The fourth-order valence-corrected chi connectivity index (χ4v) is 3.97. The lowest BCUT2D eigenvalue weighted by molar-refractivity contribution is -0.156. The Hall–Kier alpha value is -1.26. The summed E-state index contributed by atoms with van der Waals surface area (Å²) in [4.78, 5) is 24.7. The van der Waals surface area contributed by atoms with Gasteiger partial charge in [-0.1, -0.05) is 104 Å². The maximum absolute atomic E-state index is 12.4. The first-order valence-corrected chi connectivity index (χ1v) is 14.0. The SMILES string of the molecule is CCCCCCCCCCCCCCCCOC(=O)C(NC(=O)[C@H](O)[C@@H](O)[C@H](O)[C@H](O)CO)C(C)C. The first-order valence-electron chi connectivity index (χ1n) is 14.0. The summed E-state index contributed by atoms with van der Waals surface area (Å²) in [5.74, 6) is -2.06. The second kappa shape index (κ2) is 21.8. The molecule has 0 aromatic carbocycles. The average molecular weight is 520 g/mol. The van der Waals surface area contributed by atoms with E-state index in [1.54, 1.807) is 13.8 Å². The molecule has 9 heteroatoms. The van der Waals surface area contributed by atoms with Crippen LogP contribution in [0.3, 0.4) is 0 Å². The number of esters is 1. The molecule has 0 aromatic rings. The normalized spacial score (nSPS) is 15.8. The molecule has 0 heterocycles. The highest BCUT2D eigenvalue weighted by Crippen LogP contribution is 2.13. The minimum atomic E-state index is -2.10. The van der Waals surface area contributed by atoms with Gasteiger partial charge in [-0.05, 0) is 12.3 Å². The molecule has 0 fully saturated rings. The standard InChI is InChI=1S/C27H53NO8/c1-4-5-6-7-8-9-10-11-12-13-14-15-16-17-18-36-27(35)22(20(2)3)28-26(34)25(33)24(32)23(31)21(30)19-29/h20-25,29-33H,4-19H2,1-3H3,(H,28,34)/t21-,22?,23-,24+,25-/m1/s1. The van der Waals surface area contributed by atoms with Crippen LogP contribution in [0.5, 0.6) is 0 Å². The lowest BCUT2D eigenvalue weighted by Gasteiger charge is -2.27. The largest absolute Gasteiger partial charge is 0.464 e. The van der Waals surface area contributed by atoms with Gasteiger partial charge in [0.25, 0.3) is 5.91 Å². The number of hydrogen-bond acceptors (Lipinski definition) is 8. The van der Waals surface area contributed by atoms with E-state index < -0.39 is 48.9 Å². The van der Waals surface area contributed by atoms with E-state index >= 15 is 0 Å². The maximum atomic E-state index is 12.4. The third kappa shape index (κ3) is 15.8. The van der Waals surface area contributed by atoms with Crippen molar-refractivity contribution in [3.8, 4) is 0 Å². The Morgan fingerprint density at radius 2 is 1.17 bits per heavy atom. The molecule has 6 N–H and O–H groups in total. The number of ether oxygens (including phenoxy) is 1. The molecule has 0 saturated carbocycles. The number of carbonyl (C=O) groups excluding carboxylic acids is 2. The number of nitrogens with one attached hydrogen (secondary N) is 1. The monoisotopic (exact) mass is 519 g/mol. The molecular weight excluding hydrogens is 466 g/mol. The predicted octanol–water partition coefficient (Wildman–Crippen LogP) is 2.59. The molecule has 0 aliphatic heterocycles. The van der Waals surface area contributed by atoms with Gasteiger partial charge in [0.15, 0.2) is 6.10 Å². The molecule has 5 atom stereocenters. The van der Waals surface area contributed by atoms with Crippen LogP contribution in [0.2, 0.25) is 0 Å². The first-order chi connectivity index (χ1) is 17.2. The van der Waals surface area contributed by atoms with Gasteiger partial charge in [-0.15, -0.1) is 0 Å². The van der Waals surface area contributed by atoms with Gasteiger partial charge in [-0.25, -0.2) is 4.79 Å². The fraction of sp³-hybridized carbons (Fsp3) is 0.926. The van der Waals surface area contributed by atoms with Crippen molar-refractivity contribution in [1.82, 2.24) is 5.32 Å². The van der Waals surface area contributed by atoms with E-state index in [1.807, 2.05) is 0 Å². The van der Waals surface area contributed by atoms with Gasteiger partial charge in [0.05, 0.1) is 13.2 Å². The lowest BCUT2D eigenvalue weighted by atomic mass is 10.0. The van der Waals surface area contributed by atoms with E-state index in [0.717, 1.165) is 19.3 Å². The Bertz CT molecular complexity index is 560. The van der Waals surface area contributed by atoms with E-state index in [0.29, 0.717) is 0 Å². The summed E-state index contributed by atoms with van der Waals surface area (Å²) in [5.41, 5.74) is 0. The second-order valence-corrected chi connectivity index (χ2v) is 10.2. The summed E-state index contributed by atoms with van der Waals surface area (Å²) in [7, 11) is 0. The van der Waals surface area contributed by atoms with Crippen molar-refractivity contribution in [2.75, 3.05) is 13.2 Å². The highest BCUT2D eigenvalue weighted by atomic mass is 16.5. The van der Waals surface area contributed by atoms with E-state index in [9.17, 15) is 30.0 Å². The molecule has 0 spiro atoms. The number of unbranched alkanes of at least 4 members (excludes halogenated alkanes) is 13. The molecule has 0 aliphatic carbocycles. The van der Waals surface area contributed by atoms with Crippen LogP contribution in [0.25, 0.3) is 0 Å². The van der Waals surface area contributed by atoms with Gasteiger partial charge in [-0.2, -0.15) is 0 Å². The average Bonchev–Trinajstić information content (AvgIpc) is 2.86. The highest BCUT2D eigenvalue weighted by Gasteiger charge is 2.36. The molecule has 0 rings (SSSR count). The minimum absolute atomic E-state index is 0.239. The molecule has 0 aromatic heterocycles. The number of rotatable bonds is 23. The van der Waals surface area contributed by atoms with Crippen LogP contribution in [-0.2, 0) is 14.3 Å². The van der Waals surface area contributed by atoms with Gasteiger partial charge in [0.1, 0.15) is 24.4 Å². The molecular formula is C27H53NO8. The van der Waals surface area contributed by atoms with Crippen molar-refractivity contribution in [2.24, 2.45) is 5.92 Å². The Kier molecular flexibility index (Phi) is 21.0. The van der Waals surface area contributed by atoms with E-state index in [4.69, 9.17) is 9.84 Å². The zero-order valence-electron chi connectivity index (χ0n) is 22.7. The number of hydrogen-bond donors (Lipinski definition) is 6. The van der Waals surface area contributed by atoms with Gasteiger partial charge in [0.2, 0.25) is 0 Å². The summed E-state index contributed by atoms with van der Waals surface area (Å²) in [5, 5.41) is 50.0. The van der Waals surface area contributed by atoms with Gasteiger partial charge >= 0.3 is 5.97 Å². The Balaban J connectivity index is 4.04. The molecule has 9 nitrogen and oxygen atoms in total. The van der Waals surface area contributed by atoms with Crippen molar-refractivity contribution in [2.45, 2.75) is 141 Å². The van der Waals surface area contributed by atoms with Gasteiger partial charge in [-0.3, -0.25) is 4.79 Å². The Morgan fingerprint density at radius 3 is 1.58 bits per heavy atom.